The number of thioether (sulfide) groups is 1. The molecule has 0 fully saturated rings. The molecule has 25 heavy (non-hydrogen) atoms. The number of imidazole rings is 1. The highest BCUT2D eigenvalue weighted by atomic mass is 32.2. The Morgan fingerprint density at radius 2 is 1.88 bits per heavy atom. The number of para-hydroxylation sites is 2. The van der Waals surface area contributed by atoms with E-state index in [4.69, 9.17) is 9.72 Å². The molecule has 0 saturated carbocycles. The van der Waals surface area contributed by atoms with Crippen LogP contribution < -0.4 is 4.74 Å². The maximum Gasteiger partial charge on any atom is 0.174 e. The second-order valence-corrected chi connectivity index (χ2v) is 6.45. The van der Waals surface area contributed by atoms with Gasteiger partial charge in [0.1, 0.15) is 17.9 Å². The maximum atomic E-state index is 5.27. The number of nitrogens with zero attached hydrogens (tertiary/aromatic N) is 5. The number of rotatable bonds is 5. The molecule has 4 aromatic rings. The summed E-state index contributed by atoms with van der Waals surface area (Å²) in [6.07, 6.45) is 1.57. The molecule has 0 bridgehead atoms. The van der Waals surface area contributed by atoms with Gasteiger partial charge < -0.3 is 4.74 Å². The van der Waals surface area contributed by atoms with Crippen molar-refractivity contribution in [3.05, 3.63) is 60.7 Å². The first-order valence-corrected chi connectivity index (χ1v) is 8.82. The van der Waals surface area contributed by atoms with E-state index in [0.29, 0.717) is 5.75 Å². The summed E-state index contributed by atoms with van der Waals surface area (Å²) in [6, 6.07) is 16.1. The third-order valence-corrected chi connectivity index (χ3v) is 4.93. The number of fused-ring (bicyclic) bond motifs is 1. The Balaban J connectivity index is 1.76. The molecule has 6 nitrogen and oxygen atoms in total. The van der Waals surface area contributed by atoms with Crippen LogP contribution in [0.25, 0.3) is 16.7 Å². The van der Waals surface area contributed by atoms with E-state index in [9.17, 15) is 0 Å². The van der Waals surface area contributed by atoms with Gasteiger partial charge in [-0.05, 0) is 36.4 Å². The van der Waals surface area contributed by atoms with Gasteiger partial charge in [0.25, 0.3) is 0 Å². The fourth-order valence-corrected chi connectivity index (χ4v) is 3.68. The van der Waals surface area contributed by atoms with Crippen LogP contribution in [0, 0.1) is 0 Å². The molecule has 0 aliphatic rings. The lowest BCUT2D eigenvalue weighted by molar-refractivity contribution is 0.414. The third kappa shape index (κ3) is 2.98. The summed E-state index contributed by atoms with van der Waals surface area (Å²) in [5, 5.41) is 5.05. The Kier molecular flexibility index (Phi) is 4.15. The van der Waals surface area contributed by atoms with E-state index in [0.717, 1.165) is 33.5 Å². The quantitative estimate of drug-likeness (QED) is 0.516. The van der Waals surface area contributed by atoms with Gasteiger partial charge in [0.15, 0.2) is 5.16 Å². The molecule has 7 heteroatoms. The molecule has 0 atom stereocenters. The van der Waals surface area contributed by atoms with Crippen molar-refractivity contribution in [2.24, 2.45) is 7.05 Å². The van der Waals surface area contributed by atoms with Gasteiger partial charge in [0.05, 0.1) is 23.9 Å². The molecule has 2 aromatic carbocycles. The molecular formula is C18H17N5OS. The van der Waals surface area contributed by atoms with Crippen molar-refractivity contribution < 1.29 is 4.74 Å². The number of aromatic nitrogens is 5. The van der Waals surface area contributed by atoms with E-state index in [1.54, 1.807) is 29.9 Å². The zero-order valence-electron chi connectivity index (χ0n) is 14.0. The molecule has 126 valence electrons. The zero-order valence-corrected chi connectivity index (χ0v) is 14.8. The van der Waals surface area contributed by atoms with Crippen molar-refractivity contribution in [1.82, 2.24) is 24.3 Å². The minimum Gasteiger partial charge on any atom is -0.497 e. The van der Waals surface area contributed by atoms with E-state index in [-0.39, 0.29) is 0 Å². The molecule has 0 aliphatic carbocycles. The number of benzene rings is 2. The second-order valence-electron chi connectivity index (χ2n) is 5.51. The minimum atomic E-state index is 0.704. The van der Waals surface area contributed by atoms with Gasteiger partial charge in [-0.25, -0.2) is 9.97 Å². The van der Waals surface area contributed by atoms with Crippen LogP contribution in [0.3, 0.4) is 0 Å². The number of aryl methyl sites for hydroxylation is 1. The average Bonchev–Trinajstić information content (AvgIpc) is 3.23. The Morgan fingerprint density at radius 3 is 2.60 bits per heavy atom. The van der Waals surface area contributed by atoms with E-state index in [1.807, 2.05) is 49.5 Å². The molecule has 2 aromatic heterocycles. The van der Waals surface area contributed by atoms with Crippen LogP contribution in [-0.4, -0.2) is 31.4 Å². The first-order chi connectivity index (χ1) is 12.3. The van der Waals surface area contributed by atoms with Gasteiger partial charge in [0.2, 0.25) is 0 Å². The Hall–Kier alpha value is -2.80. The van der Waals surface area contributed by atoms with Crippen LogP contribution in [0.15, 0.2) is 60.0 Å². The van der Waals surface area contributed by atoms with Crippen LogP contribution in [0.1, 0.15) is 5.82 Å². The Bertz CT molecular complexity index is 1010. The molecule has 0 N–H and O–H groups in total. The van der Waals surface area contributed by atoms with Crippen molar-refractivity contribution in [1.29, 1.82) is 0 Å². The number of methoxy groups -OCH3 is 1. The topological polar surface area (TPSA) is 57.8 Å². The maximum absolute atomic E-state index is 5.27. The first-order valence-electron chi connectivity index (χ1n) is 7.84. The van der Waals surface area contributed by atoms with Gasteiger partial charge in [-0.1, -0.05) is 23.9 Å². The molecule has 0 spiro atoms. The largest absolute Gasteiger partial charge is 0.497 e. The second kappa shape index (κ2) is 6.60. The fraction of sp³-hybridized carbons (Fsp3) is 0.167. The lowest BCUT2D eigenvalue weighted by Crippen LogP contribution is -2.00. The van der Waals surface area contributed by atoms with E-state index in [1.165, 1.54) is 0 Å². The first kappa shape index (κ1) is 15.7. The highest BCUT2D eigenvalue weighted by Gasteiger charge is 2.14. The molecule has 0 radical (unpaired) electrons. The van der Waals surface area contributed by atoms with Crippen LogP contribution in [-0.2, 0) is 12.8 Å². The summed E-state index contributed by atoms with van der Waals surface area (Å²) in [5.74, 6) is 2.45. The number of hydrogen-bond acceptors (Lipinski definition) is 5. The minimum absolute atomic E-state index is 0.704. The lowest BCUT2D eigenvalue weighted by Gasteiger charge is -2.09. The molecular weight excluding hydrogens is 334 g/mol. The van der Waals surface area contributed by atoms with Crippen molar-refractivity contribution in [3.63, 3.8) is 0 Å². The van der Waals surface area contributed by atoms with Crippen molar-refractivity contribution in [3.8, 4) is 11.4 Å². The predicted molar refractivity (Wildman–Crippen MR) is 98.2 cm³/mol. The molecule has 0 amide bonds. The number of hydrogen-bond donors (Lipinski definition) is 0. The summed E-state index contributed by atoms with van der Waals surface area (Å²) < 4.78 is 9.21. The Labute approximate surface area is 149 Å². The third-order valence-electron chi connectivity index (χ3n) is 4.00. The summed E-state index contributed by atoms with van der Waals surface area (Å²) in [5.41, 5.74) is 3.10. The molecule has 0 saturated heterocycles. The van der Waals surface area contributed by atoms with Crippen LogP contribution in [0.2, 0.25) is 0 Å². The highest BCUT2D eigenvalue weighted by molar-refractivity contribution is 7.98. The van der Waals surface area contributed by atoms with Crippen LogP contribution in [0.5, 0.6) is 5.75 Å². The molecule has 0 aliphatic heterocycles. The molecule has 2 heterocycles. The van der Waals surface area contributed by atoms with Gasteiger partial charge in [-0.3, -0.25) is 9.25 Å². The smallest absolute Gasteiger partial charge is 0.174 e. The summed E-state index contributed by atoms with van der Waals surface area (Å²) in [6.45, 7) is 0. The monoisotopic (exact) mass is 351 g/mol. The summed E-state index contributed by atoms with van der Waals surface area (Å²) in [4.78, 5) is 9.09. The van der Waals surface area contributed by atoms with Crippen molar-refractivity contribution in [2.45, 2.75) is 10.9 Å². The zero-order chi connectivity index (χ0) is 17.2. The standard InChI is InChI=1S/C18H17N5OS/c1-22-17(19-12-20-22)11-25-18-21-15-5-3-4-6-16(15)23(18)13-7-9-14(24-2)10-8-13/h3-10,12H,11H2,1-2H3. The highest BCUT2D eigenvalue weighted by Crippen LogP contribution is 2.30. The summed E-state index contributed by atoms with van der Waals surface area (Å²) >= 11 is 1.65. The van der Waals surface area contributed by atoms with E-state index < -0.39 is 0 Å². The summed E-state index contributed by atoms with van der Waals surface area (Å²) in [7, 11) is 3.57. The lowest BCUT2D eigenvalue weighted by atomic mass is 10.2. The van der Waals surface area contributed by atoms with Crippen molar-refractivity contribution >= 4 is 22.8 Å². The van der Waals surface area contributed by atoms with Crippen molar-refractivity contribution in [2.75, 3.05) is 7.11 Å². The molecule has 0 unspecified atom stereocenters. The van der Waals surface area contributed by atoms with Crippen LogP contribution >= 0.6 is 11.8 Å². The normalized spacial score (nSPS) is 11.1. The van der Waals surface area contributed by atoms with Gasteiger partial charge in [0, 0.05) is 12.7 Å². The average molecular weight is 351 g/mol. The van der Waals surface area contributed by atoms with Gasteiger partial charge >= 0.3 is 0 Å². The van der Waals surface area contributed by atoms with E-state index in [2.05, 4.69) is 20.7 Å². The van der Waals surface area contributed by atoms with Crippen LogP contribution in [0.4, 0.5) is 0 Å². The molecule has 4 rings (SSSR count). The van der Waals surface area contributed by atoms with Gasteiger partial charge in [-0.2, -0.15) is 5.10 Å². The SMILES string of the molecule is COc1ccc(-n2c(SCc3ncnn3C)nc3ccccc32)cc1. The predicted octanol–water partition coefficient (Wildman–Crippen LogP) is 3.45. The Morgan fingerprint density at radius 1 is 1.08 bits per heavy atom. The van der Waals surface area contributed by atoms with E-state index >= 15 is 0 Å². The number of ether oxygens (including phenoxy) is 1. The fourth-order valence-electron chi connectivity index (χ4n) is 2.66. The van der Waals surface area contributed by atoms with Gasteiger partial charge in [-0.15, -0.1) is 0 Å².